The number of amides is 1. The zero-order chi connectivity index (χ0) is 17.6. The third-order valence-electron chi connectivity index (χ3n) is 4.56. The molecule has 0 bridgehead atoms. The van der Waals surface area contributed by atoms with Crippen LogP contribution in [0.3, 0.4) is 0 Å². The van der Waals surface area contributed by atoms with Gasteiger partial charge in [0.1, 0.15) is 0 Å². The summed E-state index contributed by atoms with van der Waals surface area (Å²) in [6, 6.07) is 7.00. The van der Waals surface area contributed by atoms with E-state index in [1.807, 2.05) is 0 Å². The van der Waals surface area contributed by atoms with E-state index >= 15 is 0 Å². The van der Waals surface area contributed by atoms with E-state index in [1.165, 1.54) is 19.3 Å². The Hall–Kier alpha value is -1.63. The Morgan fingerprint density at radius 3 is 2.60 bits per heavy atom. The summed E-state index contributed by atoms with van der Waals surface area (Å²) in [6.45, 7) is -2.68. The molecule has 1 fully saturated rings. The maximum absolute atomic E-state index is 13.4. The van der Waals surface area contributed by atoms with Crippen molar-refractivity contribution in [2.45, 2.75) is 62.7 Å². The number of halogens is 2. The molecule has 0 aliphatic heterocycles. The summed E-state index contributed by atoms with van der Waals surface area (Å²) in [7, 11) is 0. The number of alkyl halides is 2. The highest BCUT2D eigenvalue weighted by atomic mass is 32.2. The molecule has 1 amide bonds. The number of imidazole rings is 1. The van der Waals surface area contributed by atoms with E-state index < -0.39 is 6.55 Å². The van der Waals surface area contributed by atoms with Gasteiger partial charge in [0.05, 0.1) is 16.8 Å². The average molecular weight is 367 g/mol. The van der Waals surface area contributed by atoms with Crippen LogP contribution in [0.5, 0.6) is 0 Å². The molecule has 0 unspecified atom stereocenters. The number of thioether (sulfide) groups is 1. The van der Waals surface area contributed by atoms with Crippen LogP contribution < -0.4 is 5.32 Å². The molecule has 1 aromatic heterocycles. The van der Waals surface area contributed by atoms with Gasteiger partial charge >= 0.3 is 6.55 Å². The van der Waals surface area contributed by atoms with Crippen LogP contribution in [0, 0.1) is 0 Å². The third-order valence-corrected chi connectivity index (χ3v) is 5.51. The third kappa shape index (κ3) is 4.71. The minimum absolute atomic E-state index is 0.104. The standard InChI is InChI=1S/C18H23F2N3OS/c19-17(20)23-15-11-7-6-10-14(15)22-18(23)25-12-16(24)21-13-8-4-2-1-3-5-9-13/h6-7,10-11,13,17H,1-5,8-9,12H2,(H,21,24). The number of nitrogens with zero attached hydrogens (tertiary/aromatic N) is 2. The van der Waals surface area contributed by atoms with Crippen molar-refractivity contribution in [1.82, 2.24) is 14.9 Å². The maximum Gasteiger partial charge on any atom is 0.321 e. The molecule has 0 saturated heterocycles. The van der Waals surface area contributed by atoms with Crippen LogP contribution in [-0.4, -0.2) is 27.3 Å². The molecule has 1 aromatic carbocycles. The molecule has 1 aliphatic carbocycles. The van der Waals surface area contributed by atoms with E-state index in [9.17, 15) is 13.6 Å². The minimum atomic E-state index is -2.68. The van der Waals surface area contributed by atoms with Gasteiger partial charge in [-0.3, -0.25) is 9.36 Å². The molecule has 1 heterocycles. The first kappa shape index (κ1) is 18.2. The van der Waals surface area contributed by atoms with Gasteiger partial charge in [-0.15, -0.1) is 0 Å². The first-order valence-electron chi connectivity index (χ1n) is 8.82. The van der Waals surface area contributed by atoms with Crippen molar-refractivity contribution < 1.29 is 13.6 Å². The van der Waals surface area contributed by atoms with Gasteiger partial charge in [0.2, 0.25) is 5.91 Å². The molecule has 0 radical (unpaired) electrons. The first-order valence-corrected chi connectivity index (χ1v) is 9.81. The number of nitrogens with one attached hydrogen (secondary N) is 1. The molecule has 0 spiro atoms. The number of hydrogen-bond donors (Lipinski definition) is 1. The van der Waals surface area contributed by atoms with Gasteiger partial charge in [-0.2, -0.15) is 8.78 Å². The topological polar surface area (TPSA) is 46.9 Å². The maximum atomic E-state index is 13.4. The number of hydrogen-bond acceptors (Lipinski definition) is 3. The number of carbonyl (C=O) groups is 1. The molecule has 3 rings (SSSR count). The summed E-state index contributed by atoms with van der Waals surface area (Å²) < 4.78 is 27.7. The highest BCUT2D eigenvalue weighted by Crippen LogP contribution is 2.29. The van der Waals surface area contributed by atoms with E-state index in [2.05, 4.69) is 10.3 Å². The van der Waals surface area contributed by atoms with E-state index in [4.69, 9.17) is 0 Å². The molecular weight excluding hydrogens is 344 g/mol. The smallest absolute Gasteiger partial charge is 0.321 e. The normalized spacial score (nSPS) is 16.8. The van der Waals surface area contributed by atoms with Gasteiger partial charge in [0.15, 0.2) is 5.16 Å². The summed E-state index contributed by atoms with van der Waals surface area (Å²) >= 11 is 1.07. The molecular formula is C18H23F2N3OS. The predicted octanol–water partition coefficient (Wildman–Crippen LogP) is 4.75. The van der Waals surface area contributed by atoms with Crippen LogP contribution in [-0.2, 0) is 4.79 Å². The van der Waals surface area contributed by atoms with Gasteiger partial charge in [0, 0.05) is 6.04 Å². The Balaban J connectivity index is 1.61. The van der Waals surface area contributed by atoms with Crippen molar-refractivity contribution in [3.8, 4) is 0 Å². The van der Waals surface area contributed by atoms with Crippen LogP contribution in [0.25, 0.3) is 11.0 Å². The fourth-order valence-corrected chi connectivity index (χ4v) is 4.14. The van der Waals surface area contributed by atoms with Crippen LogP contribution in [0.1, 0.15) is 51.5 Å². The van der Waals surface area contributed by atoms with Crippen molar-refractivity contribution >= 4 is 28.7 Å². The number of carbonyl (C=O) groups excluding carboxylic acids is 1. The summed E-state index contributed by atoms with van der Waals surface area (Å²) in [4.78, 5) is 16.5. The molecule has 0 atom stereocenters. The van der Waals surface area contributed by atoms with Gasteiger partial charge in [-0.25, -0.2) is 4.98 Å². The fraction of sp³-hybridized carbons (Fsp3) is 0.556. The minimum Gasteiger partial charge on any atom is -0.353 e. The average Bonchev–Trinajstić information content (AvgIpc) is 2.94. The molecule has 7 heteroatoms. The zero-order valence-corrected chi connectivity index (χ0v) is 14.9. The molecule has 1 N–H and O–H groups in total. The Labute approximate surface area is 150 Å². The molecule has 25 heavy (non-hydrogen) atoms. The highest BCUT2D eigenvalue weighted by Gasteiger charge is 2.20. The Morgan fingerprint density at radius 1 is 1.20 bits per heavy atom. The summed E-state index contributed by atoms with van der Waals surface area (Å²) in [5.74, 6) is -0.00421. The van der Waals surface area contributed by atoms with Crippen molar-refractivity contribution in [1.29, 1.82) is 0 Å². The van der Waals surface area contributed by atoms with Crippen LogP contribution >= 0.6 is 11.8 Å². The number of benzene rings is 1. The first-order chi connectivity index (χ1) is 12.1. The van der Waals surface area contributed by atoms with Crippen LogP contribution in [0.2, 0.25) is 0 Å². The van der Waals surface area contributed by atoms with E-state index in [0.29, 0.717) is 11.0 Å². The number of para-hydroxylation sites is 2. The Kier molecular flexibility index (Phi) is 6.29. The second kappa shape index (κ2) is 8.65. The summed E-state index contributed by atoms with van der Waals surface area (Å²) in [6.07, 6.45) is 8.01. The number of rotatable bonds is 5. The number of aromatic nitrogens is 2. The van der Waals surface area contributed by atoms with Crippen molar-refractivity contribution in [2.24, 2.45) is 0 Å². The lowest BCUT2D eigenvalue weighted by Crippen LogP contribution is -2.36. The second-order valence-electron chi connectivity index (χ2n) is 6.43. The van der Waals surface area contributed by atoms with Crippen molar-refractivity contribution in [2.75, 3.05) is 5.75 Å². The molecule has 2 aromatic rings. The van der Waals surface area contributed by atoms with E-state index in [0.717, 1.165) is 42.0 Å². The van der Waals surface area contributed by atoms with Crippen LogP contribution in [0.4, 0.5) is 8.78 Å². The molecule has 1 aliphatic rings. The van der Waals surface area contributed by atoms with Crippen molar-refractivity contribution in [3.05, 3.63) is 24.3 Å². The number of fused-ring (bicyclic) bond motifs is 1. The Morgan fingerprint density at radius 2 is 1.88 bits per heavy atom. The molecule has 1 saturated carbocycles. The predicted molar refractivity (Wildman–Crippen MR) is 96.0 cm³/mol. The monoisotopic (exact) mass is 367 g/mol. The Bertz CT molecular complexity index is 711. The fourth-order valence-electron chi connectivity index (χ4n) is 3.31. The van der Waals surface area contributed by atoms with E-state index in [1.54, 1.807) is 24.3 Å². The van der Waals surface area contributed by atoms with Gasteiger partial charge in [-0.05, 0) is 25.0 Å². The van der Waals surface area contributed by atoms with Crippen molar-refractivity contribution in [3.63, 3.8) is 0 Å². The lowest BCUT2D eigenvalue weighted by molar-refractivity contribution is -0.119. The van der Waals surface area contributed by atoms with Crippen LogP contribution in [0.15, 0.2) is 29.4 Å². The van der Waals surface area contributed by atoms with Gasteiger partial charge in [-0.1, -0.05) is 56.0 Å². The lowest BCUT2D eigenvalue weighted by atomic mass is 9.97. The molecule has 4 nitrogen and oxygen atoms in total. The summed E-state index contributed by atoms with van der Waals surface area (Å²) in [5, 5.41) is 3.24. The highest BCUT2D eigenvalue weighted by molar-refractivity contribution is 7.99. The summed E-state index contributed by atoms with van der Waals surface area (Å²) in [5.41, 5.74) is 0.908. The van der Waals surface area contributed by atoms with Gasteiger partial charge in [0.25, 0.3) is 0 Å². The largest absolute Gasteiger partial charge is 0.353 e. The SMILES string of the molecule is O=C(CSc1nc2ccccc2n1C(F)F)NC1CCCCCCC1. The zero-order valence-electron chi connectivity index (χ0n) is 14.1. The van der Waals surface area contributed by atoms with Gasteiger partial charge < -0.3 is 5.32 Å². The lowest BCUT2D eigenvalue weighted by Gasteiger charge is -2.20. The van der Waals surface area contributed by atoms with E-state index in [-0.39, 0.29) is 22.9 Å². The molecule has 136 valence electrons. The second-order valence-corrected chi connectivity index (χ2v) is 7.37. The quantitative estimate of drug-likeness (QED) is 0.776.